The summed E-state index contributed by atoms with van der Waals surface area (Å²) < 4.78 is 17.6. The Morgan fingerprint density at radius 1 is 1.00 bits per heavy atom. The van der Waals surface area contributed by atoms with E-state index in [0.29, 0.717) is 44.9 Å². The van der Waals surface area contributed by atoms with E-state index >= 15 is 0 Å². The third-order valence-electron chi connectivity index (χ3n) is 5.65. The van der Waals surface area contributed by atoms with E-state index in [9.17, 15) is 4.79 Å². The second kappa shape index (κ2) is 5.83. The second-order valence-corrected chi connectivity index (χ2v) is 7.12. The van der Waals surface area contributed by atoms with Gasteiger partial charge in [-0.25, -0.2) is 0 Å². The Hall–Kier alpha value is -2.37. The number of likely N-dealkylation sites (tertiary alicyclic amines) is 1. The Bertz CT molecular complexity index is 990. The first-order chi connectivity index (χ1) is 12.7. The number of rotatable bonds is 1. The predicted molar refractivity (Wildman–Crippen MR) is 98.2 cm³/mol. The molecule has 3 heterocycles. The minimum atomic E-state index is -0.476. The van der Waals surface area contributed by atoms with Crippen LogP contribution in [0.4, 0.5) is 0 Å². The largest absolute Gasteiger partial charge is 0.450 e. The molecule has 0 bridgehead atoms. The van der Waals surface area contributed by atoms with Gasteiger partial charge in [0.1, 0.15) is 5.58 Å². The number of fused-ring (bicyclic) bond motifs is 3. The molecule has 3 aromatic rings. The zero-order valence-electron chi connectivity index (χ0n) is 14.8. The smallest absolute Gasteiger partial charge is 0.289 e. The maximum atomic E-state index is 13.1. The molecule has 2 aliphatic rings. The maximum Gasteiger partial charge on any atom is 0.289 e. The van der Waals surface area contributed by atoms with E-state index in [1.807, 2.05) is 36.1 Å². The molecule has 0 unspecified atom stereocenters. The van der Waals surface area contributed by atoms with Gasteiger partial charge < -0.3 is 18.8 Å². The van der Waals surface area contributed by atoms with Crippen LogP contribution in [0.2, 0.25) is 0 Å². The molecule has 2 aliphatic heterocycles. The normalized spacial score (nSPS) is 19.7. The van der Waals surface area contributed by atoms with Gasteiger partial charge in [-0.15, -0.1) is 0 Å². The molecule has 0 aliphatic carbocycles. The number of aryl methyl sites for hydroxylation is 1. The molecule has 2 aromatic carbocycles. The zero-order valence-corrected chi connectivity index (χ0v) is 14.8. The molecular formula is C21H21NO4. The van der Waals surface area contributed by atoms with Gasteiger partial charge in [0.05, 0.1) is 13.2 Å². The number of benzene rings is 2. The SMILES string of the molecule is Cc1c(C(=O)N2CCC3(CC2)OCCO3)oc2c1ccc1ccccc12. The molecule has 0 N–H and O–H groups in total. The zero-order chi connectivity index (χ0) is 17.7. The number of amides is 1. The minimum Gasteiger partial charge on any atom is -0.450 e. The molecule has 0 atom stereocenters. The summed E-state index contributed by atoms with van der Waals surface area (Å²) in [5, 5.41) is 3.16. The number of hydrogen-bond acceptors (Lipinski definition) is 4. The van der Waals surface area contributed by atoms with Gasteiger partial charge in [-0.3, -0.25) is 4.79 Å². The van der Waals surface area contributed by atoms with Crippen molar-refractivity contribution in [2.75, 3.05) is 26.3 Å². The lowest BCUT2D eigenvalue weighted by Crippen LogP contribution is -2.47. The van der Waals surface area contributed by atoms with Crippen molar-refractivity contribution in [3.63, 3.8) is 0 Å². The molecule has 134 valence electrons. The summed E-state index contributed by atoms with van der Waals surface area (Å²) in [7, 11) is 0. The van der Waals surface area contributed by atoms with Crippen molar-refractivity contribution in [1.82, 2.24) is 4.90 Å². The highest BCUT2D eigenvalue weighted by Gasteiger charge is 2.41. The number of carbonyl (C=O) groups is 1. The van der Waals surface area contributed by atoms with Gasteiger partial charge in [0.15, 0.2) is 11.5 Å². The highest BCUT2D eigenvalue weighted by atomic mass is 16.7. The van der Waals surface area contributed by atoms with Crippen molar-refractivity contribution in [2.45, 2.75) is 25.6 Å². The summed E-state index contributed by atoms with van der Waals surface area (Å²) in [6.45, 7) is 4.49. The molecular weight excluding hydrogens is 330 g/mol. The van der Waals surface area contributed by atoms with Crippen LogP contribution in [0.1, 0.15) is 29.0 Å². The summed E-state index contributed by atoms with van der Waals surface area (Å²) >= 11 is 0. The first-order valence-corrected chi connectivity index (χ1v) is 9.15. The van der Waals surface area contributed by atoms with Gasteiger partial charge in [0, 0.05) is 42.3 Å². The Morgan fingerprint density at radius 2 is 1.73 bits per heavy atom. The molecule has 1 aromatic heterocycles. The highest BCUT2D eigenvalue weighted by molar-refractivity contribution is 6.08. The van der Waals surface area contributed by atoms with Crippen molar-refractivity contribution in [1.29, 1.82) is 0 Å². The van der Waals surface area contributed by atoms with Crippen LogP contribution < -0.4 is 0 Å². The first kappa shape index (κ1) is 15.9. The van der Waals surface area contributed by atoms with E-state index in [2.05, 4.69) is 12.1 Å². The number of nitrogens with zero attached hydrogens (tertiary/aromatic N) is 1. The van der Waals surface area contributed by atoms with E-state index in [-0.39, 0.29) is 5.91 Å². The lowest BCUT2D eigenvalue weighted by molar-refractivity contribution is -0.181. The molecule has 0 saturated carbocycles. The van der Waals surface area contributed by atoms with E-state index in [4.69, 9.17) is 13.9 Å². The van der Waals surface area contributed by atoms with Crippen LogP contribution >= 0.6 is 0 Å². The van der Waals surface area contributed by atoms with E-state index < -0.39 is 5.79 Å². The third-order valence-corrected chi connectivity index (χ3v) is 5.65. The summed E-state index contributed by atoms with van der Waals surface area (Å²) in [6, 6.07) is 12.2. The fraction of sp³-hybridized carbons (Fsp3) is 0.381. The van der Waals surface area contributed by atoms with E-state index in [1.54, 1.807) is 0 Å². The summed E-state index contributed by atoms with van der Waals surface area (Å²) in [5.74, 6) is -0.0770. The summed E-state index contributed by atoms with van der Waals surface area (Å²) in [5.41, 5.74) is 1.70. The van der Waals surface area contributed by atoms with Gasteiger partial charge in [0.2, 0.25) is 0 Å². The van der Waals surface area contributed by atoms with Gasteiger partial charge in [-0.1, -0.05) is 36.4 Å². The first-order valence-electron chi connectivity index (χ1n) is 9.15. The van der Waals surface area contributed by atoms with Crippen molar-refractivity contribution in [3.8, 4) is 0 Å². The van der Waals surface area contributed by atoms with Crippen LogP contribution in [-0.4, -0.2) is 42.9 Å². The molecule has 5 nitrogen and oxygen atoms in total. The standard InChI is InChI=1S/C21H21NO4/c1-14-16-7-6-15-4-2-3-5-17(15)19(16)26-18(14)20(23)22-10-8-21(9-11-22)24-12-13-25-21/h2-7H,8-13H2,1H3. The van der Waals surface area contributed by atoms with Crippen LogP contribution in [0.15, 0.2) is 40.8 Å². The van der Waals surface area contributed by atoms with Crippen LogP contribution in [0.3, 0.4) is 0 Å². The highest BCUT2D eigenvalue weighted by Crippen LogP contribution is 2.35. The number of carbonyl (C=O) groups excluding carboxylic acids is 1. The number of ether oxygens (including phenoxy) is 2. The molecule has 5 rings (SSSR count). The lowest BCUT2D eigenvalue weighted by atomic mass is 10.0. The molecule has 2 fully saturated rings. The predicted octanol–water partition coefficient (Wildman–Crippen LogP) is 3.87. The van der Waals surface area contributed by atoms with Gasteiger partial charge >= 0.3 is 0 Å². The second-order valence-electron chi connectivity index (χ2n) is 7.12. The van der Waals surface area contributed by atoms with Crippen LogP contribution in [0, 0.1) is 6.92 Å². The monoisotopic (exact) mass is 351 g/mol. The Labute approximate surface area is 151 Å². The Balaban J connectivity index is 1.48. The van der Waals surface area contributed by atoms with Crippen molar-refractivity contribution < 1.29 is 18.7 Å². The van der Waals surface area contributed by atoms with Gasteiger partial charge in [-0.05, 0) is 12.3 Å². The molecule has 0 radical (unpaired) electrons. The maximum absolute atomic E-state index is 13.1. The number of piperidine rings is 1. The molecule has 1 amide bonds. The van der Waals surface area contributed by atoms with Crippen LogP contribution in [0.5, 0.6) is 0 Å². The van der Waals surface area contributed by atoms with Crippen LogP contribution in [-0.2, 0) is 9.47 Å². The van der Waals surface area contributed by atoms with Gasteiger partial charge in [0.25, 0.3) is 5.91 Å². The average molecular weight is 351 g/mol. The van der Waals surface area contributed by atoms with Gasteiger partial charge in [-0.2, -0.15) is 0 Å². The van der Waals surface area contributed by atoms with Crippen LogP contribution in [0.25, 0.3) is 21.7 Å². The fourth-order valence-electron chi connectivity index (χ4n) is 4.13. The molecule has 5 heteroatoms. The molecule has 26 heavy (non-hydrogen) atoms. The summed E-state index contributed by atoms with van der Waals surface area (Å²) in [4.78, 5) is 14.9. The Morgan fingerprint density at radius 3 is 2.50 bits per heavy atom. The number of hydrogen-bond donors (Lipinski definition) is 0. The summed E-state index contributed by atoms with van der Waals surface area (Å²) in [6.07, 6.45) is 1.42. The molecule has 2 saturated heterocycles. The number of furan rings is 1. The van der Waals surface area contributed by atoms with Crippen molar-refractivity contribution in [3.05, 3.63) is 47.7 Å². The minimum absolute atomic E-state index is 0.0457. The lowest BCUT2D eigenvalue weighted by Gasteiger charge is -2.37. The fourth-order valence-corrected chi connectivity index (χ4v) is 4.13. The van der Waals surface area contributed by atoms with Crippen molar-refractivity contribution in [2.24, 2.45) is 0 Å². The Kier molecular flexibility index (Phi) is 3.55. The third kappa shape index (κ3) is 2.35. The van der Waals surface area contributed by atoms with E-state index in [0.717, 1.165) is 27.3 Å². The quantitative estimate of drug-likeness (QED) is 0.668. The van der Waals surface area contributed by atoms with E-state index in [1.165, 1.54) is 0 Å². The molecule has 1 spiro atoms. The van der Waals surface area contributed by atoms with Crippen molar-refractivity contribution >= 4 is 27.6 Å². The average Bonchev–Trinajstić information content (AvgIpc) is 3.27. The topological polar surface area (TPSA) is 51.9 Å².